The molecular weight excluding hydrogens is 499 g/mol. The quantitative estimate of drug-likeness (QED) is 0.232. The van der Waals surface area contributed by atoms with Crippen molar-refractivity contribution in [3.8, 4) is 0 Å². The highest BCUT2D eigenvalue weighted by atomic mass is 28.3. The van der Waals surface area contributed by atoms with Gasteiger partial charge in [-0.25, -0.2) is 0 Å². The van der Waals surface area contributed by atoms with Crippen molar-refractivity contribution in [2.45, 2.75) is 39.3 Å². The monoisotopic (exact) mass is 532 g/mol. The minimum absolute atomic E-state index is 0.00344. The number of rotatable bonds is 1. The van der Waals surface area contributed by atoms with Gasteiger partial charge in [0.15, 0.2) is 0 Å². The first-order valence-electron chi connectivity index (χ1n) is 14.4. The molecule has 0 fully saturated rings. The number of nitrogens with zero attached hydrogens (tertiary/aromatic N) is 2. The van der Waals surface area contributed by atoms with Crippen LogP contribution in [0.3, 0.4) is 0 Å². The average Bonchev–Trinajstić information content (AvgIpc) is 2.96. The van der Waals surface area contributed by atoms with E-state index in [9.17, 15) is 0 Å². The second-order valence-corrected chi connectivity index (χ2v) is 17.4. The van der Waals surface area contributed by atoms with E-state index in [0.717, 1.165) is 0 Å². The molecule has 3 aliphatic heterocycles. The lowest BCUT2D eigenvalue weighted by Gasteiger charge is -2.49. The number of hydrogen-bond donors (Lipinski definition) is 0. The van der Waals surface area contributed by atoms with Gasteiger partial charge in [0, 0.05) is 34.1 Å². The van der Waals surface area contributed by atoms with Gasteiger partial charge >= 0.3 is 0 Å². The largest absolute Gasteiger partial charge is 0.312 e. The molecule has 5 aromatic carbocycles. The smallest absolute Gasteiger partial charge is 0.252 e. The highest BCUT2D eigenvalue weighted by molar-refractivity contribution is 7.05. The van der Waals surface area contributed by atoms with Gasteiger partial charge in [-0.3, -0.25) is 0 Å². The summed E-state index contributed by atoms with van der Waals surface area (Å²) < 4.78 is 0. The summed E-state index contributed by atoms with van der Waals surface area (Å²) in [6.45, 7) is 12.3. The molecule has 0 radical (unpaired) electrons. The lowest BCUT2D eigenvalue weighted by Crippen LogP contribution is -2.67. The Kier molecular flexibility index (Phi) is 4.78. The van der Waals surface area contributed by atoms with Gasteiger partial charge in [0.1, 0.15) is 8.07 Å². The van der Waals surface area contributed by atoms with Crippen LogP contribution < -0.4 is 36.6 Å². The van der Waals surface area contributed by atoms with E-state index in [1.807, 2.05) is 0 Å². The molecule has 8 rings (SSSR count). The van der Waals surface area contributed by atoms with E-state index < -0.39 is 8.07 Å². The van der Waals surface area contributed by atoms with Crippen molar-refractivity contribution in [3.63, 3.8) is 0 Å². The molecule has 0 atom stereocenters. The van der Waals surface area contributed by atoms with Gasteiger partial charge in [0.25, 0.3) is 6.71 Å². The second kappa shape index (κ2) is 8.02. The fraction of sp³-hybridized carbons (Fsp3) is 0.167. The molecule has 0 aromatic heterocycles. The number of fused-ring (bicyclic) bond motifs is 6. The number of hydrogen-bond acceptors (Lipinski definition) is 2. The second-order valence-electron chi connectivity index (χ2n) is 13.1. The van der Waals surface area contributed by atoms with Crippen LogP contribution in [0, 0.1) is 0 Å². The van der Waals surface area contributed by atoms with Crippen molar-refractivity contribution in [2.24, 2.45) is 0 Å². The van der Waals surface area contributed by atoms with Crippen molar-refractivity contribution >= 4 is 75.7 Å². The minimum atomic E-state index is -1.91. The maximum absolute atomic E-state index is 2.62. The average molecular weight is 533 g/mol. The maximum Gasteiger partial charge on any atom is 0.252 e. The molecule has 3 heterocycles. The van der Waals surface area contributed by atoms with E-state index in [2.05, 4.69) is 153 Å². The fourth-order valence-electron chi connectivity index (χ4n) is 7.38. The molecule has 0 amide bonds. The minimum Gasteiger partial charge on any atom is -0.312 e. The third-order valence-electron chi connectivity index (χ3n) is 9.37. The fourth-order valence-corrected chi connectivity index (χ4v) is 10.4. The van der Waals surface area contributed by atoms with Gasteiger partial charge in [-0.05, 0) is 74.1 Å². The van der Waals surface area contributed by atoms with Crippen LogP contribution in [-0.4, -0.2) is 14.8 Å². The SMILES string of the molecule is CC(C)(C)c1cc2c3c(c1)N1c4ccccc4[Si](C)(C)c4cccc(c41)B3c1ccccc1N2c1ccccc1. The molecule has 194 valence electrons. The summed E-state index contributed by atoms with van der Waals surface area (Å²) in [4.78, 5) is 5.13. The normalized spacial score (nSPS) is 15.7. The van der Waals surface area contributed by atoms with Crippen molar-refractivity contribution in [3.05, 3.63) is 115 Å². The third kappa shape index (κ3) is 3.06. The van der Waals surface area contributed by atoms with Gasteiger partial charge in [-0.15, -0.1) is 0 Å². The van der Waals surface area contributed by atoms with Gasteiger partial charge < -0.3 is 9.80 Å². The summed E-state index contributed by atoms with van der Waals surface area (Å²) in [5, 5.41) is 3.06. The van der Waals surface area contributed by atoms with Crippen LogP contribution in [0.5, 0.6) is 0 Å². The van der Waals surface area contributed by atoms with E-state index in [0.29, 0.717) is 0 Å². The molecular formula is C36H33BN2Si. The lowest BCUT2D eigenvalue weighted by atomic mass is 9.33. The third-order valence-corrected chi connectivity index (χ3v) is 12.9. The van der Waals surface area contributed by atoms with Crippen LogP contribution in [0.25, 0.3) is 0 Å². The van der Waals surface area contributed by atoms with Crippen LogP contribution in [-0.2, 0) is 5.41 Å². The molecule has 0 saturated heterocycles. The molecule has 4 heteroatoms. The molecule has 3 aliphatic rings. The van der Waals surface area contributed by atoms with Crippen molar-refractivity contribution < 1.29 is 0 Å². The summed E-state index contributed by atoms with van der Waals surface area (Å²) in [7, 11) is -1.91. The van der Waals surface area contributed by atoms with E-state index in [4.69, 9.17) is 0 Å². The Morgan fingerprint density at radius 1 is 0.575 bits per heavy atom. The Labute approximate surface area is 239 Å². The molecule has 2 nitrogen and oxygen atoms in total. The first kappa shape index (κ1) is 23.8. The summed E-state index contributed by atoms with van der Waals surface area (Å²) in [6.07, 6.45) is 0. The van der Waals surface area contributed by atoms with Gasteiger partial charge in [-0.1, -0.05) is 107 Å². The highest BCUT2D eigenvalue weighted by Gasteiger charge is 2.48. The molecule has 0 spiro atoms. The zero-order chi connectivity index (χ0) is 27.4. The first-order valence-corrected chi connectivity index (χ1v) is 17.4. The molecule has 40 heavy (non-hydrogen) atoms. The zero-order valence-corrected chi connectivity index (χ0v) is 24.9. The zero-order valence-electron chi connectivity index (χ0n) is 23.9. The number of para-hydroxylation sites is 4. The molecule has 5 aromatic rings. The molecule has 0 unspecified atom stereocenters. The van der Waals surface area contributed by atoms with Crippen LogP contribution in [0.4, 0.5) is 34.1 Å². The first-order chi connectivity index (χ1) is 19.3. The topological polar surface area (TPSA) is 6.48 Å². The Bertz CT molecular complexity index is 1840. The van der Waals surface area contributed by atoms with Crippen molar-refractivity contribution in [1.82, 2.24) is 0 Å². The number of benzene rings is 5. The summed E-state index contributed by atoms with van der Waals surface area (Å²) >= 11 is 0. The van der Waals surface area contributed by atoms with Crippen LogP contribution >= 0.6 is 0 Å². The highest BCUT2D eigenvalue weighted by Crippen LogP contribution is 2.46. The van der Waals surface area contributed by atoms with Crippen LogP contribution in [0.15, 0.2) is 109 Å². The van der Waals surface area contributed by atoms with Gasteiger partial charge in [0.2, 0.25) is 0 Å². The lowest BCUT2D eigenvalue weighted by molar-refractivity contribution is 0.590. The molecule has 0 N–H and O–H groups in total. The Balaban J connectivity index is 1.55. The van der Waals surface area contributed by atoms with Crippen molar-refractivity contribution in [2.75, 3.05) is 9.80 Å². The Hall–Kier alpha value is -4.02. The summed E-state index contributed by atoms with van der Waals surface area (Å²) in [6, 6.07) is 41.2. The van der Waals surface area contributed by atoms with Crippen LogP contribution in [0.1, 0.15) is 26.3 Å². The summed E-state index contributed by atoms with van der Waals surface area (Å²) in [5.74, 6) is 0. The van der Waals surface area contributed by atoms with E-state index in [1.54, 1.807) is 5.19 Å². The number of anilines is 6. The maximum atomic E-state index is 2.62. The van der Waals surface area contributed by atoms with Crippen LogP contribution in [0.2, 0.25) is 13.1 Å². The predicted molar refractivity (Wildman–Crippen MR) is 176 cm³/mol. The van der Waals surface area contributed by atoms with E-state index in [-0.39, 0.29) is 12.1 Å². The van der Waals surface area contributed by atoms with E-state index in [1.165, 1.54) is 61.3 Å². The molecule has 0 saturated carbocycles. The van der Waals surface area contributed by atoms with E-state index >= 15 is 0 Å². The standard InChI is InChI=1S/C36H33BN2Si/c1-36(2,3)24-22-30-34-31(23-24)39-29-19-11-12-20-32(29)40(4,5)33-21-13-17-27(35(33)39)37(34)26-16-9-10-18-28(26)38(30)25-14-7-6-8-15-25/h6-23H,1-5H3. The van der Waals surface area contributed by atoms with Gasteiger partial charge in [0.05, 0.1) is 0 Å². The van der Waals surface area contributed by atoms with Gasteiger partial charge in [-0.2, -0.15) is 0 Å². The Morgan fingerprint density at radius 2 is 1.18 bits per heavy atom. The molecule has 0 bridgehead atoms. The predicted octanol–water partition coefficient (Wildman–Crippen LogP) is 6.20. The summed E-state index contributed by atoms with van der Waals surface area (Å²) in [5.41, 5.74) is 13.5. The molecule has 0 aliphatic carbocycles. The Morgan fingerprint density at radius 3 is 1.93 bits per heavy atom. The van der Waals surface area contributed by atoms with Crippen molar-refractivity contribution in [1.29, 1.82) is 0 Å².